The summed E-state index contributed by atoms with van der Waals surface area (Å²) in [6.45, 7) is 6.19. The second-order valence-electron chi connectivity index (χ2n) is 7.62. The Kier molecular flexibility index (Phi) is 6.65. The smallest absolute Gasteiger partial charge is 0.270 e. The molecule has 168 valence electrons. The maximum absolute atomic E-state index is 13.6. The third-order valence-electron chi connectivity index (χ3n) is 5.07. The van der Waals surface area contributed by atoms with Crippen molar-refractivity contribution in [2.24, 2.45) is 0 Å². The molecule has 0 bridgehead atoms. The molecule has 0 aliphatic heterocycles. The Morgan fingerprint density at radius 1 is 1.06 bits per heavy atom. The minimum absolute atomic E-state index is 0.110. The summed E-state index contributed by atoms with van der Waals surface area (Å²) in [5.74, 6) is 2.00. The van der Waals surface area contributed by atoms with Crippen molar-refractivity contribution >= 4 is 33.9 Å². The zero-order valence-electron chi connectivity index (χ0n) is 19.0. The van der Waals surface area contributed by atoms with Gasteiger partial charge in [-0.25, -0.2) is 15.0 Å². The van der Waals surface area contributed by atoms with Gasteiger partial charge in [0.05, 0.1) is 19.9 Å². The molecule has 0 radical (unpaired) electrons. The van der Waals surface area contributed by atoms with E-state index in [9.17, 15) is 4.79 Å². The summed E-state index contributed by atoms with van der Waals surface area (Å²) in [5.41, 5.74) is 3.75. The predicted octanol–water partition coefficient (Wildman–Crippen LogP) is 5.46. The van der Waals surface area contributed by atoms with Crippen molar-refractivity contribution < 1.29 is 9.53 Å². The number of nitrogens with one attached hydrogen (secondary N) is 1. The van der Waals surface area contributed by atoms with Crippen LogP contribution >= 0.6 is 11.3 Å². The topological polar surface area (TPSA) is 80.2 Å². The van der Waals surface area contributed by atoms with Crippen LogP contribution in [-0.2, 0) is 6.54 Å². The average Bonchev–Trinajstić information content (AvgIpc) is 3.26. The average molecular weight is 460 g/mol. The SMILES string of the molecule is COc1ccc(CN(C(=O)c2cnc(Nc3cc(C)nc(C)n3)s2)c2ccccc2C)cc1. The monoisotopic (exact) mass is 459 g/mol. The second-order valence-corrected chi connectivity index (χ2v) is 8.65. The molecule has 2 aromatic carbocycles. The number of methoxy groups -OCH3 is 1. The van der Waals surface area contributed by atoms with Gasteiger partial charge in [0.15, 0.2) is 5.13 Å². The fraction of sp³-hybridized carbons (Fsp3) is 0.200. The van der Waals surface area contributed by atoms with Crippen LogP contribution < -0.4 is 15.0 Å². The van der Waals surface area contributed by atoms with E-state index < -0.39 is 0 Å². The van der Waals surface area contributed by atoms with Gasteiger partial charge in [0, 0.05) is 17.4 Å². The lowest BCUT2D eigenvalue weighted by molar-refractivity contribution is 0.0988. The van der Waals surface area contributed by atoms with Gasteiger partial charge >= 0.3 is 0 Å². The molecular weight excluding hydrogens is 434 g/mol. The first-order valence-electron chi connectivity index (χ1n) is 10.5. The molecule has 4 rings (SSSR count). The second kappa shape index (κ2) is 9.79. The molecule has 0 unspecified atom stereocenters. The molecule has 0 saturated carbocycles. The maximum atomic E-state index is 13.6. The highest BCUT2D eigenvalue weighted by Gasteiger charge is 2.22. The predicted molar refractivity (Wildman–Crippen MR) is 132 cm³/mol. The molecule has 0 spiro atoms. The van der Waals surface area contributed by atoms with E-state index >= 15 is 0 Å². The number of carbonyl (C=O) groups excluding carboxylic acids is 1. The molecule has 1 amide bonds. The standard InChI is InChI=1S/C25H25N5O2S/c1-16-7-5-6-8-21(16)30(15-19-9-11-20(32-4)12-10-19)24(31)22-14-26-25(33-22)29-23-13-17(2)27-18(3)28-23/h5-14H,15H2,1-4H3,(H,26,27,28,29). The van der Waals surface area contributed by atoms with Crippen LogP contribution in [0.4, 0.5) is 16.6 Å². The van der Waals surface area contributed by atoms with Gasteiger partial charge in [-0.3, -0.25) is 4.79 Å². The van der Waals surface area contributed by atoms with E-state index in [0.717, 1.165) is 28.3 Å². The van der Waals surface area contributed by atoms with Crippen LogP contribution in [0.1, 0.15) is 32.3 Å². The van der Waals surface area contributed by atoms with Crippen molar-refractivity contribution in [3.05, 3.63) is 88.3 Å². The van der Waals surface area contributed by atoms with Crippen molar-refractivity contribution in [3.8, 4) is 5.75 Å². The van der Waals surface area contributed by atoms with Crippen LogP contribution in [0.5, 0.6) is 5.75 Å². The number of amides is 1. The molecule has 2 aromatic heterocycles. The number of hydrogen-bond acceptors (Lipinski definition) is 7. The maximum Gasteiger partial charge on any atom is 0.270 e. The Morgan fingerprint density at radius 3 is 2.52 bits per heavy atom. The van der Waals surface area contributed by atoms with Gasteiger partial charge in [0.2, 0.25) is 0 Å². The lowest BCUT2D eigenvalue weighted by Crippen LogP contribution is -2.30. The molecular formula is C25H25N5O2S. The van der Waals surface area contributed by atoms with E-state index in [0.29, 0.717) is 28.2 Å². The van der Waals surface area contributed by atoms with Crippen LogP contribution in [0, 0.1) is 20.8 Å². The van der Waals surface area contributed by atoms with Gasteiger partial charge < -0.3 is 15.0 Å². The van der Waals surface area contributed by atoms with Crippen LogP contribution in [0.25, 0.3) is 0 Å². The van der Waals surface area contributed by atoms with Gasteiger partial charge in [-0.2, -0.15) is 0 Å². The number of thiazole rings is 1. The summed E-state index contributed by atoms with van der Waals surface area (Å²) in [5, 5.41) is 3.79. The van der Waals surface area contributed by atoms with Gasteiger partial charge in [0.25, 0.3) is 5.91 Å². The quantitative estimate of drug-likeness (QED) is 0.395. The molecule has 0 aliphatic carbocycles. The molecule has 1 N–H and O–H groups in total. The fourth-order valence-corrected chi connectivity index (χ4v) is 4.27. The molecule has 0 aliphatic rings. The highest BCUT2D eigenvalue weighted by molar-refractivity contribution is 7.17. The lowest BCUT2D eigenvalue weighted by atomic mass is 10.1. The summed E-state index contributed by atoms with van der Waals surface area (Å²) >= 11 is 1.30. The summed E-state index contributed by atoms with van der Waals surface area (Å²) in [4.78, 5) is 29.0. The van der Waals surface area contributed by atoms with Crippen molar-refractivity contribution in [2.75, 3.05) is 17.3 Å². The normalized spacial score (nSPS) is 10.7. The van der Waals surface area contributed by atoms with Crippen LogP contribution in [-0.4, -0.2) is 28.0 Å². The van der Waals surface area contributed by atoms with Crippen molar-refractivity contribution in [2.45, 2.75) is 27.3 Å². The molecule has 0 saturated heterocycles. The first-order valence-corrected chi connectivity index (χ1v) is 11.3. The molecule has 8 heteroatoms. The zero-order chi connectivity index (χ0) is 23.4. The van der Waals surface area contributed by atoms with E-state index in [1.807, 2.05) is 75.4 Å². The van der Waals surface area contributed by atoms with Crippen LogP contribution in [0.2, 0.25) is 0 Å². The number of rotatable bonds is 7. The van der Waals surface area contributed by atoms with Crippen molar-refractivity contribution in [1.82, 2.24) is 15.0 Å². The Bertz CT molecular complexity index is 1250. The molecule has 0 fully saturated rings. The number of nitrogens with zero attached hydrogens (tertiary/aromatic N) is 4. The van der Waals surface area contributed by atoms with E-state index in [-0.39, 0.29) is 5.91 Å². The van der Waals surface area contributed by atoms with Crippen molar-refractivity contribution in [3.63, 3.8) is 0 Å². The molecule has 7 nitrogen and oxygen atoms in total. The Hall–Kier alpha value is -3.78. The summed E-state index contributed by atoms with van der Waals surface area (Å²) in [6, 6.07) is 17.5. The third kappa shape index (κ3) is 5.35. The molecule has 2 heterocycles. The van der Waals surface area contributed by atoms with E-state index in [2.05, 4.69) is 20.3 Å². The number of carbonyl (C=O) groups is 1. The van der Waals surface area contributed by atoms with E-state index in [1.165, 1.54) is 11.3 Å². The number of aromatic nitrogens is 3. The summed E-state index contributed by atoms with van der Waals surface area (Å²) in [7, 11) is 1.64. The van der Waals surface area contributed by atoms with Crippen LogP contribution in [0.3, 0.4) is 0 Å². The fourth-order valence-electron chi connectivity index (χ4n) is 3.50. The third-order valence-corrected chi connectivity index (χ3v) is 5.97. The Balaban J connectivity index is 1.61. The number of benzene rings is 2. The highest BCUT2D eigenvalue weighted by Crippen LogP contribution is 2.28. The van der Waals surface area contributed by atoms with Gasteiger partial charge in [-0.05, 0) is 50.1 Å². The van der Waals surface area contributed by atoms with Gasteiger partial charge in [-0.1, -0.05) is 41.7 Å². The number of anilines is 3. The summed E-state index contributed by atoms with van der Waals surface area (Å²) < 4.78 is 5.26. The highest BCUT2D eigenvalue weighted by atomic mass is 32.1. The number of ether oxygens (including phenoxy) is 1. The van der Waals surface area contributed by atoms with Gasteiger partial charge in [-0.15, -0.1) is 0 Å². The lowest BCUT2D eigenvalue weighted by Gasteiger charge is -2.24. The number of hydrogen-bond donors (Lipinski definition) is 1. The molecule has 0 atom stereocenters. The molecule has 33 heavy (non-hydrogen) atoms. The van der Waals surface area contributed by atoms with Gasteiger partial charge in [0.1, 0.15) is 22.3 Å². The number of aryl methyl sites for hydroxylation is 3. The first-order chi connectivity index (χ1) is 15.9. The Labute approximate surface area is 197 Å². The Morgan fingerprint density at radius 2 is 1.82 bits per heavy atom. The number of para-hydroxylation sites is 1. The first kappa shape index (κ1) is 22.4. The zero-order valence-corrected chi connectivity index (χ0v) is 19.8. The molecule has 4 aromatic rings. The largest absolute Gasteiger partial charge is 0.497 e. The van der Waals surface area contributed by atoms with Crippen LogP contribution in [0.15, 0.2) is 60.8 Å². The summed E-state index contributed by atoms with van der Waals surface area (Å²) in [6.07, 6.45) is 1.61. The van der Waals surface area contributed by atoms with E-state index in [1.54, 1.807) is 18.2 Å². The minimum Gasteiger partial charge on any atom is -0.497 e. The minimum atomic E-state index is -0.110. The van der Waals surface area contributed by atoms with Crippen molar-refractivity contribution in [1.29, 1.82) is 0 Å². The van der Waals surface area contributed by atoms with E-state index in [4.69, 9.17) is 4.74 Å².